The minimum absolute atomic E-state index is 0.157. The molecule has 5 heteroatoms. The third kappa shape index (κ3) is 2.93. The molecule has 0 N–H and O–H groups in total. The molecule has 1 saturated heterocycles. The Hall–Kier alpha value is -1.49. The lowest BCUT2D eigenvalue weighted by Crippen LogP contribution is -2.41. The van der Waals surface area contributed by atoms with Crippen LogP contribution in [0.4, 0.5) is 5.82 Å². The van der Waals surface area contributed by atoms with Crippen LogP contribution in [0, 0.1) is 6.92 Å². The molecule has 1 atom stereocenters. The van der Waals surface area contributed by atoms with Gasteiger partial charge in [-0.05, 0) is 32.6 Å². The molecule has 5 nitrogen and oxygen atoms in total. The van der Waals surface area contributed by atoms with Crippen LogP contribution in [0.2, 0.25) is 0 Å². The van der Waals surface area contributed by atoms with Crippen molar-refractivity contribution >= 4 is 11.7 Å². The van der Waals surface area contributed by atoms with Crippen LogP contribution >= 0.6 is 0 Å². The molecule has 1 aromatic heterocycles. The van der Waals surface area contributed by atoms with Gasteiger partial charge in [-0.3, -0.25) is 9.69 Å². The summed E-state index contributed by atoms with van der Waals surface area (Å²) in [6.07, 6.45) is 5.46. The highest BCUT2D eigenvalue weighted by molar-refractivity contribution is 5.95. The standard InChI is InChI=1S/C16H23N3O2/c1-3-5-14-17-11(2)13-7-8-15(20)19(16(13)18-14)10-12-6-4-9-21-12/h12H,3-10H2,1-2H3/t12-/m0/s1. The number of aryl methyl sites for hydroxylation is 2. The highest BCUT2D eigenvalue weighted by atomic mass is 16.5. The van der Waals surface area contributed by atoms with Gasteiger partial charge in [0.2, 0.25) is 5.91 Å². The molecule has 0 aliphatic carbocycles. The summed E-state index contributed by atoms with van der Waals surface area (Å²) < 4.78 is 5.69. The summed E-state index contributed by atoms with van der Waals surface area (Å²) in [4.78, 5) is 23.4. The van der Waals surface area contributed by atoms with Crippen LogP contribution in [-0.4, -0.2) is 35.1 Å². The number of nitrogens with zero attached hydrogens (tertiary/aromatic N) is 3. The van der Waals surface area contributed by atoms with Crippen LogP contribution in [0.5, 0.6) is 0 Å². The van der Waals surface area contributed by atoms with Crippen LogP contribution in [0.25, 0.3) is 0 Å². The Bertz CT molecular complexity index is 539. The average Bonchev–Trinajstić information content (AvgIpc) is 2.95. The third-order valence-corrected chi connectivity index (χ3v) is 4.27. The lowest BCUT2D eigenvalue weighted by atomic mass is 10.0. The highest BCUT2D eigenvalue weighted by Gasteiger charge is 2.31. The van der Waals surface area contributed by atoms with E-state index in [0.717, 1.165) is 61.6 Å². The van der Waals surface area contributed by atoms with Gasteiger partial charge in [-0.1, -0.05) is 6.92 Å². The molecule has 0 spiro atoms. The lowest BCUT2D eigenvalue weighted by Gasteiger charge is -2.31. The second kappa shape index (κ2) is 6.10. The van der Waals surface area contributed by atoms with Crippen molar-refractivity contribution in [3.05, 3.63) is 17.1 Å². The molecule has 1 fully saturated rings. The number of ether oxygens (including phenoxy) is 1. The minimum atomic E-state index is 0.157. The zero-order chi connectivity index (χ0) is 14.8. The molecular weight excluding hydrogens is 266 g/mol. The van der Waals surface area contributed by atoms with Crippen molar-refractivity contribution in [1.29, 1.82) is 0 Å². The summed E-state index contributed by atoms with van der Waals surface area (Å²) in [6.45, 7) is 5.59. The largest absolute Gasteiger partial charge is 0.376 e. The molecule has 2 aliphatic heterocycles. The maximum atomic E-state index is 12.3. The van der Waals surface area contributed by atoms with E-state index in [-0.39, 0.29) is 12.0 Å². The summed E-state index contributed by atoms with van der Waals surface area (Å²) in [5, 5.41) is 0. The number of hydrogen-bond donors (Lipinski definition) is 0. The second-order valence-electron chi connectivity index (χ2n) is 5.92. The zero-order valence-electron chi connectivity index (χ0n) is 12.9. The molecule has 0 saturated carbocycles. The molecule has 0 unspecified atom stereocenters. The van der Waals surface area contributed by atoms with Crippen molar-refractivity contribution < 1.29 is 9.53 Å². The molecular formula is C16H23N3O2. The fourth-order valence-electron chi connectivity index (χ4n) is 3.15. The Labute approximate surface area is 125 Å². The third-order valence-electron chi connectivity index (χ3n) is 4.27. The van der Waals surface area contributed by atoms with Gasteiger partial charge >= 0.3 is 0 Å². The number of fused-ring (bicyclic) bond motifs is 1. The molecule has 114 valence electrons. The Morgan fingerprint density at radius 2 is 2.19 bits per heavy atom. The summed E-state index contributed by atoms with van der Waals surface area (Å²) in [7, 11) is 0. The average molecular weight is 289 g/mol. The summed E-state index contributed by atoms with van der Waals surface area (Å²) in [5.41, 5.74) is 2.15. The Morgan fingerprint density at radius 1 is 1.33 bits per heavy atom. The molecule has 0 bridgehead atoms. The second-order valence-corrected chi connectivity index (χ2v) is 5.92. The predicted molar refractivity (Wildman–Crippen MR) is 80.4 cm³/mol. The van der Waals surface area contributed by atoms with E-state index in [4.69, 9.17) is 4.74 Å². The number of aromatic nitrogens is 2. The number of amides is 1. The molecule has 0 aromatic carbocycles. The maximum absolute atomic E-state index is 12.3. The fourth-order valence-corrected chi connectivity index (χ4v) is 3.15. The normalized spacial score (nSPS) is 21.7. The lowest BCUT2D eigenvalue weighted by molar-refractivity contribution is -0.119. The summed E-state index contributed by atoms with van der Waals surface area (Å²) in [6, 6.07) is 0. The highest BCUT2D eigenvalue weighted by Crippen LogP contribution is 2.29. The molecule has 1 amide bonds. The first-order valence-electron chi connectivity index (χ1n) is 7.97. The smallest absolute Gasteiger partial charge is 0.228 e. The van der Waals surface area contributed by atoms with Gasteiger partial charge in [0.25, 0.3) is 0 Å². The van der Waals surface area contributed by atoms with Crippen molar-refractivity contribution in [1.82, 2.24) is 9.97 Å². The molecule has 2 aliphatic rings. The van der Waals surface area contributed by atoms with Crippen LogP contribution in [0.1, 0.15) is 49.7 Å². The first-order chi connectivity index (χ1) is 10.2. The van der Waals surface area contributed by atoms with Gasteiger partial charge in [0, 0.05) is 30.7 Å². The van der Waals surface area contributed by atoms with E-state index in [0.29, 0.717) is 13.0 Å². The zero-order valence-corrected chi connectivity index (χ0v) is 12.9. The minimum Gasteiger partial charge on any atom is -0.376 e. The van der Waals surface area contributed by atoms with Gasteiger partial charge in [-0.25, -0.2) is 9.97 Å². The first-order valence-corrected chi connectivity index (χ1v) is 7.97. The van der Waals surface area contributed by atoms with Gasteiger partial charge in [-0.2, -0.15) is 0 Å². The molecule has 3 heterocycles. The van der Waals surface area contributed by atoms with Crippen molar-refractivity contribution in [3.63, 3.8) is 0 Å². The fraction of sp³-hybridized carbons (Fsp3) is 0.688. The van der Waals surface area contributed by atoms with Gasteiger partial charge in [0.05, 0.1) is 12.6 Å². The Balaban J connectivity index is 1.92. The van der Waals surface area contributed by atoms with E-state index in [1.165, 1.54) is 0 Å². The van der Waals surface area contributed by atoms with E-state index < -0.39 is 0 Å². The van der Waals surface area contributed by atoms with Crippen molar-refractivity contribution in [2.75, 3.05) is 18.1 Å². The quantitative estimate of drug-likeness (QED) is 0.852. The Morgan fingerprint density at radius 3 is 2.90 bits per heavy atom. The van der Waals surface area contributed by atoms with Crippen molar-refractivity contribution in [2.24, 2.45) is 0 Å². The molecule has 21 heavy (non-hydrogen) atoms. The van der Waals surface area contributed by atoms with Crippen molar-refractivity contribution in [3.8, 4) is 0 Å². The number of anilines is 1. The van der Waals surface area contributed by atoms with Crippen molar-refractivity contribution in [2.45, 2.75) is 58.5 Å². The van der Waals surface area contributed by atoms with Crippen LogP contribution in [-0.2, 0) is 22.4 Å². The van der Waals surface area contributed by atoms with E-state index in [9.17, 15) is 4.79 Å². The Kier molecular flexibility index (Phi) is 4.19. The maximum Gasteiger partial charge on any atom is 0.228 e. The van der Waals surface area contributed by atoms with Gasteiger partial charge in [0.1, 0.15) is 11.6 Å². The monoisotopic (exact) mass is 289 g/mol. The molecule has 3 rings (SSSR count). The van der Waals surface area contributed by atoms with Crippen LogP contribution < -0.4 is 4.90 Å². The van der Waals surface area contributed by atoms with Crippen LogP contribution in [0.15, 0.2) is 0 Å². The molecule has 1 aromatic rings. The summed E-state index contributed by atoms with van der Waals surface area (Å²) >= 11 is 0. The van der Waals surface area contributed by atoms with E-state index in [1.54, 1.807) is 0 Å². The van der Waals surface area contributed by atoms with E-state index in [2.05, 4.69) is 16.9 Å². The van der Waals surface area contributed by atoms with E-state index in [1.807, 2.05) is 11.8 Å². The van der Waals surface area contributed by atoms with Crippen LogP contribution in [0.3, 0.4) is 0 Å². The van der Waals surface area contributed by atoms with Gasteiger partial charge in [0.15, 0.2) is 0 Å². The van der Waals surface area contributed by atoms with Gasteiger partial charge < -0.3 is 4.74 Å². The predicted octanol–water partition coefficient (Wildman–Crippen LogP) is 2.20. The molecule has 0 radical (unpaired) electrons. The number of carbonyl (C=O) groups is 1. The SMILES string of the molecule is CCCc1nc(C)c2c(n1)N(C[C@@H]1CCCO1)C(=O)CC2. The van der Waals surface area contributed by atoms with E-state index >= 15 is 0 Å². The summed E-state index contributed by atoms with van der Waals surface area (Å²) in [5.74, 6) is 1.84. The number of carbonyl (C=O) groups excluding carboxylic acids is 1. The van der Waals surface area contributed by atoms with Gasteiger partial charge in [-0.15, -0.1) is 0 Å². The topological polar surface area (TPSA) is 55.3 Å². The number of rotatable bonds is 4. The first kappa shape index (κ1) is 14.4. The number of hydrogen-bond acceptors (Lipinski definition) is 4.